The lowest BCUT2D eigenvalue weighted by Crippen LogP contribution is -2.36. The van der Waals surface area contributed by atoms with E-state index >= 15 is 0 Å². The molecule has 7 nitrogen and oxygen atoms in total. The first kappa shape index (κ1) is 22.3. The molecule has 6 rings (SSSR count). The van der Waals surface area contributed by atoms with Crippen molar-refractivity contribution >= 4 is 32.5 Å². The number of fused-ring (bicyclic) bond motifs is 1. The number of rotatable bonds is 5. The minimum absolute atomic E-state index is 0.0777. The Bertz CT molecular complexity index is 1400. The van der Waals surface area contributed by atoms with Crippen molar-refractivity contribution in [3.8, 4) is 11.1 Å². The molecule has 3 heterocycles. The number of amides is 1. The van der Waals surface area contributed by atoms with Gasteiger partial charge in [-0.1, -0.05) is 18.2 Å². The molecular weight excluding hydrogens is 462 g/mol. The van der Waals surface area contributed by atoms with Crippen LogP contribution >= 0.6 is 0 Å². The first-order chi connectivity index (χ1) is 17.0. The molecule has 182 valence electrons. The largest absolute Gasteiger partial charge is 0.446 e. The van der Waals surface area contributed by atoms with Gasteiger partial charge in [0.15, 0.2) is 9.84 Å². The van der Waals surface area contributed by atoms with Gasteiger partial charge in [0.05, 0.1) is 10.1 Å². The second-order valence-corrected chi connectivity index (χ2v) is 12.0. The molecule has 8 heteroatoms. The normalized spacial score (nSPS) is 19.2. The number of hydrogen-bond acceptors (Lipinski definition) is 5. The van der Waals surface area contributed by atoms with Gasteiger partial charge in [-0.25, -0.2) is 18.2 Å². The number of ether oxygens (including phenoxy) is 1. The molecule has 0 atom stereocenters. The van der Waals surface area contributed by atoms with Crippen LogP contribution in [0, 0.1) is 0 Å². The molecule has 0 radical (unpaired) electrons. The standard InChI is InChI=1S/C27H29N3O4S/c31-27(34-21-3-1-2-4-21)30-13-11-19(12-14-30)25-17-29-26-24(25)15-20(16-28-26)18-5-7-22(8-6-18)35(32,33)23-9-10-23/h5-8,11,15-17,21,23H,1-4,9-10,12-14H2,(H,28,29). The van der Waals surface area contributed by atoms with Crippen molar-refractivity contribution in [2.24, 2.45) is 0 Å². The van der Waals surface area contributed by atoms with Gasteiger partial charge in [-0.15, -0.1) is 0 Å². The van der Waals surface area contributed by atoms with Crippen molar-refractivity contribution in [1.82, 2.24) is 14.9 Å². The fourth-order valence-electron chi connectivity index (χ4n) is 5.14. The maximum Gasteiger partial charge on any atom is 0.410 e. The Morgan fingerprint density at radius 1 is 1.06 bits per heavy atom. The smallest absolute Gasteiger partial charge is 0.410 e. The summed E-state index contributed by atoms with van der Waals surface area (Å²) < 4.78 is 30.7. The highest BCUT2D eigenvalue weighted by Gasteiger charge is 2.36. The van der Waals surface area contributed by atoms with Gasteiger partial charge in [-0.05, 0) is 74.3 Å². The van der Waals surface area contributed by atoms with Crippen LogP contribution in [0.2, 0.25) is 0 Å². The van der Waals surface area contributed by atoms with Crippen LogP contribution in [0.25, 0.3) is 27.7 Å². The molecule has 1 aliphatic heterocycles. The number of sulfone groups is 1. The van der Waals surface area contributed by atoms with Crippen molar-refractivity contribution < 1.29 is 17.9 Å². The van der Waals surface area contributed by atoms with Crippen LogP contribution in [0.4, 0.5) is 4.79 Å². The number of pyridine rings is 1. The van der Waals surface area contributed by atoms with E-state index in [4.69, 9.17) is 4.74 Å². The SMILES string of the molecule is O=C(OC1CCCC1)N1CC=C(c2c[nH]c3ncc(-c4ccc(S(=O)(=O)C5CC5)cc4)cc23)CC1. The molecule has 2 aromatic heterocycles. The molecule has 2 aliphatic carbocycles. The molecule has 3 aliphatic rings. The van der Waals surface area contributed by atoms with Crippen molar-refractivity contribution in [2.45, 2.75) is 61.2 Å². The third-order valence-corrected chi connectivity index (χ3v) is 9.67. The van der Waals surface area contributed by atoms with Crippen LogP contribution in [0.3, 0.4) is 0 Å². The quantitative estimate of drug-likeness (QED) is 0.520. The van der Waals surface area contributed by atoms with Gasteiger partial charge in [0.1, 0.15) is 11.8 Å². The summed E-state index contributed by atoms with van der Waals surface area (Å²) in [6, 6.07) is 9.22. The molecule has 2 saturated carbocycles. The zero-order valence-corrected chi connectivity index (χ0v) is 20.4. The number of benzene rings is 1. The summed E-state index contributed by atoms with van der Waals surface area (Å²) >= 11 is 0. The van der Waals surface area contributed by atoms with Crippen LogP contribution in [-0.4, -0.2) is 53.8 Å². The lowest BCUT2D eigenvalue weighted by atomic mass is 9.98. The molecule has 1 amide bonds. The topological polar surface area (TPSA) is 92.4 Å². The number of aromatic nitrogens is 2. The van der Waals surface area contributed by atoms with Crippen molar-refractivity contribution in [3.05, 3.63) is 54.4 Å². The maximum atomic E-state index is 12.5. The van der Waals surface area contributed by atoms with Crippen LogP contribution < -0.4 is 0 Å². The fraction of sp³-hybridized carbons (Fsp3) is 0.407. The number of carbonyl (C=O) groups excluding carboxylic acids is 1. The zero-order valence-electron chi connectivity index (χ0n) is 19.6. The lowest BCUT2D eigenvalue weighted by molar-refractivity contribution is 0.0682. The fourth-order valence-corrected chi connectivity index (χ4v) is 6.79. The maximum absolute atomic E-state index is 12.5. The van der Waals surface area contributed by atoms with E-state index in [1.807, 2.05) is 24.5 Å². The van der Waals surface area contributed by atoms with Crippen LogP contribution in [0.15, 0.2) is 53.7 Å². The Kier molecular flexibility index (Phi) is 5.63. The molecule has 1 N–H and O–H groups in total. The average molecular weight is 492 g/mol. The summed E-state index contributed by atoms with van der Waals surface area (Å²) in [7, 11) is -3.19. The van der Waals surface area contributed by atoms with Crippen LogP contribution in [0.5, 0.6) is 0 Å². The molecule has 2 fully saturated rings. The van der Waals surface area contributed by atoms with Gasteiger partial charge in [-0.3, -0.25) is 0 Å². The Balaban J connectivity index is 1.21. The van der Waals surface area contributed by atoms with Crippen LogP contribution in [0.1, 0.15) is 50.5 Å². The number of carbonyl (C=O) groups is 1. The van der Waals surface area contributed by atoms with Gasteiger partial charge in [-0.2, -0.15) is 0 Å². The van der Waals surface area contributed by atoms with Gasteiger partial charge in [0.25, 0.3) is 0 Å². The Labute approximate surface area is 205 Å². The molecule has 0 bridgehead atoms. The van der Waals surface area contributed by atoms with Gasteiger partial charge < -0.3 is 14.6 Å². The Morgan fingerprint density at radius 2 is 1.83 bits per heavy atom. The third-order valence-electron chi connectivity index (χ3n) is 7.39. The Morgan fingerprint density at radius 3 is 2.51 bits per heavy atom. The lowest BCUT2D eigenvalue weighted by Gasteiger charge is -2.27. The van der Waals surface area contributed by atoms with Crippen molar-refractivity contribution in [3.63, 3.8) is 0 Å². The summed E-state index contributed by atoms with van der Waals surface area (Å²) in [5.41, 5.74) is 4.95. The van der Waals surface area contributed by atoms with Crippen molar-refractivity contribution in [2.75, 3.05) is 13.1 Å². The van der Waals surface area contributed by atoms with E-state index < -0.39 is 9.84 Å². The van der Waals surface area contributed by atoms with E-state index in [0.717, 1.165) is 72.7 Å². The predicted octanol–water partition coefficient (Wildman–Crippen LogP) is 5.33. The minimum atomic E-state index is -3.19. The summed E-state index contributed by atoms with van der Waals surface area (Å²) in [5.74, 6) is 0. The monoisotopic (exact) mass is 491 g/mol. The number of aromatic amines is 1. The summed E-state index contributed by atoms with van der Waals surface area (Å²) in [5, 5.41) is 0.809. The summed E-state index contributed by atoms with van der Waals surface area (Å²) in [6.45, 7) is 1.17. The average Bonchev–Trinajstić information content (AvgIpc) is 3.48. The molecule has 3 aromatic rings. The number of hydrogen-bond donors (Lipinski definition) is 1. The minimum Gasteiger partial charge on any atom is -0.446 e. The highest BCUT2D eigenvalue weighted by atomic mass is 32.2. The zero-order chi connectivity index (χ0) is 24.0. The predicted molar refractivity (Wildman–Crippen MR) is 135 cm³/mol. The molecule has 0 spiro atoms. The van der Waals surface area contributed by atoms with Gasteiger partial charge in [0, 0.05) is 42.0 Å². The van der Waals surface area contributed by atoms with E-state index in [-0.39, 0.29) is 17.4 Å². The molecular formula is C27H29N3O4S. The highest BCUT2D eigenvalue weighted by molar-refractivity contribution is 7.92. The number of H-pyrrole nitrogens is 1. The van der Waals surface area contributed by atoms with E-state index in [1.165, 1.54) is 5.57 Å². The van der Waals surface area contributed by atoms with Gasteiger partial charge in [0.2, 0.25) is 0 Å². The van der Waals surface area contributed by atoms with Crippen LogP contribution in [-0.2, 0) is 14.6 Å². The highest BCUT2D eigenvalue weighted by Crippen LogP contribution is 2.35. The second-order valence-electron chi connectivity index (χ2n) is 9.81. The second kappa shape index (κ2) is 8.82. The first-order valence-electron chi connectivity index (χ1n) is 12.5. The molecule has 0 saturated heterocycles. The van der Waals surface area contributed by atoms with E-state index in [1.54, 1.807) is 17.0 Å². The van der Waals surface area contributed by atoms with E-state index in [0.29, 0.717) is 18.0 Å². The summed E-state index contributed by atoms with van der Waals surface area (Å²) in [4.78, 5) is 22.5. The Hall–Kier alpha value is -3.13. The van der Waals surface area contributed by atoms with E-state index in [9.17, 15) is 13.2 Å². The number of nitrogens with zero attached hydrogens (tertiary/aromatic N) is 2. The van der Waals surface area contributed by atoms with Crippen molar-refractivity contribution in [1.29, 1.82) is 0 Å². The summed E-state index contributed by atoms with van der Waals surface area (Å²) in [6.07, 6.45) is 12.3. The molecule has 1 aromatic carbocycles. The number of nitrogens with one attached hydrogen (secondary N) is 1. The van der Waals surface area contributed by atoms with Gasteiger partial charge >= 0.3 is 6.09 Å². The molecule has 0 unspecified atom stereocenters. The van der Waals surface area contributed by atoms with E-state index in [2.05, 4.69) is 22.1 Å². The molecule has 35 heavy (non-hydrogen) atoms. The first-order valence-corrected chi connectivity index (χ1v) is 14.0. The third kappa shape index (κ3) is 4.35.